The number of carbonyl (C=O) groups excluding carboxylic acids is 2. The minimum atomic E-state index is -0.457. The van der Waals surface area contributed by atoms with E-state index in [1.54, 1.807) is 29.6 Å². The Morgan fingerprint density at radius 1 is 1.25 bits per heavy atom. The number of ether oxygens (including phenoxy) is 1. The van der Waals surface area contributed by atoms with Crippen molar-refractivity contribution in [2.75, 3.05) is 0 Å². The fourth-order valence-corrected chi connectivity index (χ4v) is 2.58. The van der Waals surface area contributed by atoms with E-state index in [4.69, 9.17) is 16.3 Å². The summed E-state index contributed by atoms with van der Waals surface area (Å²) in [5.41, 5.74) is 4.95. The van der Waals surface area contributed by atoms with Crippen LogP contribution in [0.15, 0.2) is 29.6 Å². The quantitative estimate of drug-likeness (QED) is 0.768. The lowest BCUT2D eigenvalue weighted by atomic mass is 10.1. The van der Waals surface area contributed by atoms with Crippen molar-refractivity contribution in [2.45, 2.75) is 26.9 Å². The van der Waals surface area contributed by atoms with E-state index in [-0.39, 0.29) is 24.1 Å². The van der Waals surface area contributed by atoms with Gasteiger partial charge in [-0.2, -0.15) is 0 Å². The molecule has 6 nitrogen and oxygen atoms in total. The van der Waals surface area contributed by atoms with Crippen molar-refractivity contribution in [1.29, 1.82) is 0 Å². The van der Waals surface area contributed by atoms with E-state index >= 15 is 0 Å². The first kappa shape index (κ1) is 18.2. The maximum Gasteiger partial charge on any atom is 0.289 e. The molecule has 0 aliphatic rings. The average Bonchev–Trinajstić information content (AvgIpc) is 3.00. The molecule has 0 aliphatic carbocycles. The second-order valence-electron chi connectivity index (χ2n) is 5.47. The van der Waals surface area contributed by atoms with Crippen LogP contribution in [0.2, 0.25) is 5.02 Å². The van der Waals surface area contributed by atoms with Crippen LogP contribution in [-0.4, -0.2) is 16.8 Å². The molecule has 8 heteroatoms. The van der Waals surface area contributed by atoms with E-state index in [1.165, 1.54) is 11.3 Å². The van der Waals surface area contributed by atoms with Crippen LogP contribution in [0.3, 0.4) is 0 Å². The summed E-state index contributed by atoms with van der Waals surface area (Å²) in [6.07, 6.45) is 0.345. The minimum Gasteiger partial charge on any atom is -0.486 e. The molecule has 24 heavy (non-hydrogen) atoms. The van der Waals surface area contributed by atoms with Crippen molar-refractivity contribution in [3.63, 3.8) is 0 Å². The van der Waals surface area contributed by atoms with E-state index in [0.717, 1.165) is 0 Å². The summed E-state index contributed by atoms with van der Waals surface area (Å²) in [6, 6.07) is 6.98. The van der Waals surface area contributed by atoms with Gasteiger partial charge in [0.1, 0.15) is 23.1 Å². The number of hydrogen-bond donors (Lipinski definition) is 2. The molecule has 2 aromatic rings. The maximum absolute atomic E-state index is 11.9. The monoisotopic (exact) mass is 367 g/mol. The Morgan fingerprint density at radius 2 is 1.96 bits per heavy atom. The van der Waals surface area contributed by atoms with Gasteiger partial charge in [0, 0.05) is 16.8 Å². The van der Waals surface area contributed by atoms with Crippen molar-refractivity contribution >= 4 is 34.8 Å². The highest BCUT2D eigenvalue weighted by molar-refractivity contribution is 7.09. The molecule has 1 aromatic heterocycles. The molecule has 2 amide bonds. The van der Waals surface area contributed by atoms with Crippen molar-refractivity contribution in [3.8, 4) is 5.75 Å². The number of carbonyl (C=O) groups is 2. The lowest BCUT2D eigenvalue weighted by Crippen LogP contribution is -2.42. The molecule has 2 N–H and O–H groups in total. The van der Waals surface area contributed by atoms with Gasteiger partial charge in [-0.3, -0.25) is 20.4 Å². The van der Waals surface area contributed by atoms with Crippen LogP contribution in [0.25, 0.3) is 0 Å². The molecule has 0 spiro atoms. The van der Waals surface area contributed by atoms with Gasteiger partial charge in [-0.25, -0.2) is 4.98 Å². The zero-order valence-electron chi connectivity index (χ0n) is 13.3. The summed E-state index contributed by atoms with van der Waals surface area (Å²) in [7, 11) is 0. The van der Waals surface area contributed by atoms with E-state index in [9.17, 15) is 9.59 Å². The van der Waals surface area contributed by atoms with Crippen LogP contribution in [0.1, 0.15) is 35.8 Å². The first-order valence-corrected chi connectivity index (χ1v) is 8.61. The molecule has 2 rings (SSSR count). The predicted octanol–water partition coefficient (Wildman–Crippen LogP) is 3.18. The lowest BCUT2D eigenvalue weighted by molar-refractivity contribution is -0.122. The zero-order chi connectivity index (χ0) is 17.5. The number of nitrogens with one attached hydrogen (secondary N) is 2. The summed E-state index contributed by atoms with van der Waals surface area (Å²) in [6.45, 7) is 4.10. The third-order valence-electron chi connectivity index (χ3n) is 2.87. The molecule has 0 saturated heterocycles. The Labute approximate surface area is 149 Å². The number of thiazole rings is 1. The van der Waals surface area contributed by atoms with Crippen molar-refractivity contribution in [2.24, 2.45) is 5.92 Å². The van der Waals surface area contributed by atoms with Crippen molar-refractivity contribution < 1.29 is 14.3 Å². The van der Waals surface area contributed by atoms with Gasteiger partial charge in [-0.15, -0.1) is 11.3 Å². The van der Waals surface area contributed by atoms with Crippen LogP contribution >= 0.6 is 22.9 Å². The van der Waals surface area contributed by atoms with E-state index in [2.05, 4.69) is 15.8 Å². The molecule has 0 aliphatic heterocycles. The van der Waals surface area contributed by atoms with Gasteiger partial charge in [0.25, 0.3) is 5.91 Å². The van der Waals surface area contributed by atoms with Gasteiger partial charge < -0.3 is 4.74 Å². The summed E-state index contributed by atoms with van der Waals surface area (Å²) in [5, 5.41) is 2.91. The highest BCUT2D eigenvalue weighted by Crippen LogP contribution is 2.18. The summed E-state index contributed by atoms with van der Waals surface area (Å²) in [5.74, 6) is 0.195. The third kappa shape index (κ3) is 5.82. The van der Waals surface area contributed by atoms with Gasteiger partial charge in [-0.05, 0) is 30.2 Å². The molecule has 128 valence electrons. The average molecular weight is 368 g/mol. The fourth-order valence-electron chi connectivity index (χ4n) is 1.77. The van der Waals surface area contributed by atoms with E-state index < -0.39 is 5.91 Å². The van der Waals surface area contributed by atoms with Crippen molar-refractivity contribution in [1.82, 2.24) is 15.8 Å². The van der Waals surface area contributed by atoms with Crippen LogP contribution in [0, 0.1) is 5.92 Å². The van der Waals surface area contributed by atoms with E-state index in [0.29, 0.717) is 22.2 Å². The summed E-state index contributed by atoms with van der Waals surface area (Å²) >= 11 is 7.12. The first-order valence-electron chi connectivity index (χ1n) is 7.36. The van der Waals surface area contributed by atoms with Gasteiger partial charge in [0.2, 0.25) is 5.91 Å². The molecule has 1 aromatic carbocycles. The van der Waals surface area contributed by atoms with Crippen LogP contribution in [-0.2, 0) is 11.4 Å². The molecular formula is C16H18ClN3O3S. The van der Waals surface area contributed by atoms with Crippen LogP contribution in [0.5, 0.6) is 5.75 Å². The molecule has 0 radical (unpaired) electrons. The van der Waals surface area contributed by atoms with Crippen LogP contribution < -0.4 is 15.6 Å². The van der Waals surface area contributed by atoms with E-state index in [1.807, 2.05) is 13.8 Å². The largest absolute Gasteiger partial charge is 0.486 e. The minimum absolute atomic E-state index is 0.220. The number of rotatable bonds is 6. The normalized spacial score (nSPS) is 10.5. The molecule has 0 saturated carbocycles. The van der Waals surface area contributed by atoms with Gasteiger partial charge in [-0.1, -0.05) is 25.4 Å². The van der Waals surface area contributed by atoms with Gasteiger partial charge in [0.15, 0.2) is 0 Å². The third-order valence-corrected chi connectivity index (χ3v) is 3.94. The Balaban J connectivity index is 1.82. The molecule has 0 bridgehead atoms. The fraction of sp³-hybridized carbons (Fsp3) is 0.312. The second-order valence-corrected chi connectivity index (χ2v) is 6.85. The topological polar surface area (TPSA) is 80.3 Å². The Kier molecular flexibility index (Phi) is 6.57. The molecule has 1 heterocycles. The number of aromatic nitrogens is 1. The highest BCUT2D eigenvalue weighted by Gasteiger charge is 2.12. The van der Waals surface area contributed by atoms with Crippen molar-refractivity contribution in [3.05, 3.63) is 45.4 Å². The number of hydrazine groups is 1. The second kappa shape index (κ2) is 8.65. The molecule has 0 fully saturated rings. The highest BCUT2D eigenvalue weighted by atomic mass is 35.5. The number of hydrogen-bond acceptors (Lipinski definition) is 5. The zero-order valence-corrected chi connectivity index (χ0v) is 14.9. The lowest BCUT2D eigenvalue weighted by Gasteiger charge is -2.07. The maximum atomic E-state index is 11.9. The Hall–Kier alpha value is -2.12. The number of amides is 2. The molecule has 0 unspecified atom stereocenters. The molecule has 0 atom stereocenters. The number of benzene rings is 1. The standard InChI is InChI=1S/C16H18ClN3O3S/c1-10(2)7-14(21)19-20-16(22)13-9-24-15(18-13)8-23-12-5-3-11(17)4-6-12/h3-6,9-10H,7-8H2,1-2H3,(H,19,21)(H,20,22). The number of halogens is 1. The van der Waals surface area contributed by atoms with Gasteiger partial charge >= 0.3 is 0 Å². The summed E-state index contributed by atoms with van der Waals surface area (Å²) < 4.78 is 5.57. The number of nitrogens with zero attached hydrogens (tertiary/aromatic N) is 1. The summed E-state index contributed by atoms with van der Waals surface area (Å²) in [4.78, 5) is 27.6. The van der Waals surface area contributed by atoms with Crippen LogP contribution in [0.4, 0.5) is 0 Å². The first-order chi connectivity index (χ1) is 11.4. The van der Waals surface area contributed by atoms with Gasteiger partial charge in [0.05, 0.1) is 0 Å². The Bertz CT molecular complexity index is 701. The smallest absolute Gasteiger partial charge is 0.289 e. The SMILES string of the molecule is CC(C)CC(=O)NNC(=O)c1csc(COc2ccc(Cl)cc2)n1. The predicted molar refractivity (Wildman–Crippen MR) is 93.0 cm³/mol. The Morgan fingerprint density at radius 3 is 2.62 bits per heavy atom. The molecular weight excluding hydrogens is 350 g/mol.